The summed E-state index contributed by atoms with van der Waals surface area (Å²) < 4.78 is 10.7. The van der Waals surface area contributed by atoms with Gasteiger partial charge in [0, 0.05) is 44.3 Å². The molecule has 2 aliphatic rings. The van der Waals surface area contributed by atoms with Crippen molar-refractivity contribution in [2.75, 3.05) is 39.8 Å². The lowest BCUT2D eigenvalue weighted by Crippen LogP contribution is -2.56. The number of hydrogen-bond acceptors (Lipinski definition) is 7. The Balaban J connectivity index is 1.28. The smallest absolute Gasteiger partial charge is 0.241 e. The SMILES string of the molecule is CCC1CCCCN1C(=O)C(C)N1CCN(Cc2nc(-c3ccc(OC)cc3)no2)CC1. The van der Waals surface area contributed by atoms with Gasteiger partial charge in [0.25, 0.3) is 0 Å². The van der Waals surface area contributed by atoms with Gasteiger partial charge in [-0.05, 0) is 56.9 Å². The number of piperidine rings is 1. The standard InChI is InChI=1S/C24H35N5O3/c1-4-20-7-5-6-12-29(20)24(30)18(2)28-15-13-27(14-16-28)17-22-25-23(26-32-22)19-8-10-21(31-3)11-9-19/h8-11,18,20H,4-7,12-17H2,1-3H3. The fourth-order valence-electron chi connectivity index (χ4n) is 4.79. The van der Waals surface area contributed by atoms with Crippen molar-refractivity contribution in [2.24, 2.45) is 0 Å². The number of hydrogen-bond donors (Lipinski definition) is 0. The first-order chi connectivity index (χ1) is 15.6. The summed E-state index contributed by atoms with van der Waals surface area (Å²) in [6.45, 7) is 9.31. The number of aromatic nitrogens is 2. The van der Waals surface area contributed by atoms with Gasteiger partial charge in [0.15, 0.2) is 0 Å². The maximum absolute atomic E-state index is 13.1. The predicted molar refractivity (Wildman–Crippen MR) is 122 cm³/mol. The molecule has 2 aliphatic heterocycles. The first kappa shape index (κ1) is 22.7. The number of piperazine rings is 1. The Bertz CT molecular complexity index is 876. The highest BCUT2D eigenvalue weighted by atomic mass is 16.5. The van der Waals surface area contributed by atoms with E-state index in [0.29, 0.717) is 30.2 Å². The van der Waals surface area contributed by atoms with Gasteiger partial charge in [-0.1, -0.05) is 12.1 Å². The number of likely N-dealkylation sites (tertiary alicyclic amines) is 1. The second-order valence-electron chi connectivity index (χ2n) is 8.82. The Morgan fingerprint density at radius 2 is 1.91 bits per heavy atom. The number of methoxy groups -OCH3 is 1. The summed E-state index contributed by atoms with van der Waals surface area (Å²) in [7, 11) is 1.65. The average molecular weight is 442 g/mol. The summed E-state index contributed by atoms with van der Waals surface area (Å²) >= 11 is 0. The van der Waals surface area contributed by atoms with Gasteiger partial charge < -0.3 is 14.2 Å². The molecule has 174 valence electrons. The van der Waals surface area contributed by atoms with Gasteiger partial charge in [-0.3, -0.25) is 14.6 Å². The van der Waals surface area contributed by atoms with E-state index in [9.17, 15) is 4.79 Å². The molecule has 1 aromatic carbocycles. The van der Waals surface area contributed by atoms with Gasteiger partial charge in [0.05, 0.1) is 19.7 Å². The molecule has 0 spiro atoms. The van der Waals surface area contributed by atoms with Gasteiger partial charge >= 0.3 is 0 Å². The third kappa shape index (κ3) is 5.13. The zero-order chi connectivity index (χ0) is 22.5. The van der Waals surface area contributed by atoms with Crippen molar-refractivity contribution in [3.63, 3.8) is 0 Å². The van der Waals surface area contributed by atoms with Gasteiger partial charge in [-0.15, -0.1) is 0 Å². The quantitative estimate of drug-likeness (QED) is 0.654. The van der Waals surface area contributed by atoms with Gasteiger partial charge in [-0.2, -0.15) is 4.98 Å². The number of carbonyl (C=O) groups excluding carboxylic acids is 1. The van der Waals surface area contributed by atoms with Crippen LogP contribution in [0.25, 0.3) is 11.4 Å². The average Bonchev–Trinajstić information content (AvgIpc) is 3.32. The predicted octanol–water partition coefficient (Wildman–Crippen LogP) is 3.04. The molecule has 4 rings (SSSR count). The Hall–Kier alpha value is -2.45. The van der Waals surface area contributed by atoms with Crippen LogP contribution in [0.4, 0.5) is 0 Å². The van der Waals surface area contributed by atoms with Crippen molar-refractivity contribution in [2.45, 2.75) is 58.2 Å². The second-order valence-corrected chi connectivity index (χ2v) is 8.82. The molecule has 2 fully saturated rings. The third-order valence-electron chi connectivity index (χ3n) is 6.87. The number of nitrogens with zero attached hydrogens (tertiary/aromatic N) is 5. The molecule has 2 aromatic rings. The Morgan fingerprint density at radius 3 is 2.59 bits per heavy atom. The lowest BCUT2D eigenvalue weighted by Gasteiger charge is -2.41. The maximum Gasteiger partial charge on any atom is 0.241 e. The zero-order valence-electron chi connectivity index (χ0n) is 19.5. The van der Waals surface area contributed by atoms with Crippen molar-refractivity contribution < 1.29 is 14.1 Å². The summed E-state index contributed by atoms with van der Waals surface area (Å²) in [6.07, 6.45) is 4.57. The number of benzene rings is 1. The molecule has 8 nitrogen and oxygen atoms in total. The Labute approximate surface area is 190 Å². The van der Waals surface area contributed by atoms with E-state index < -0.39 is 0 Å². The minimum atomic E-state index is -0.0608. The summed E-state index contributed by atoms with van der Waals surface area (Å²) in [5.41, 5.74) is 0.904. The number of rotatable bonds is 7. The van der Waals surface area contributed by atoms with Gasteiger partial charge in [-0.25, -0.2) is 0 Å². The molecule has 0 aliphatic carbocycles. The van der Waals surface area contributed by atoms with Crippen LogP contribution in [0.3, 0.4) is 0 Å². The van der Waals surface area contributed by atoms with Crippen molar-refractivity contribution in [1.29, 1.82) is 0 Å². The molecule has 0 radical (unpaired) electrons. The van der Waals surface area contributed by atoms with E-state index >= 15 is 0 Å². The molecule has 2 unspecified atom stereocenters. The lowest BCUT2D eigenvalue weighted by atomic mass is 9.99. The zero-order valence-corrected chi connectivity index (χ0v) is 19.5. The summed E-state index contributed by atoms with van der Waals surface area (Å²) in [5.74, 6) is 2.31. The second kappa shape index (κ2) is 10.4. The lowest BCUT2D eigenvalue weighted by molar-refractivity contribution is -0.141. The van der Waals surface area contributed by atoms with E-state index in [2.05, 4.69) is 38.7 Å². The normalized spacial score (nSPS) is 21.5. The molecule has 2 saturated heterocycles. The van der Waals surface area contributed by atoms with E-state index in [0.717, 1.165) is 63.3 Å². The fourth-order valence-corrected chi connectivity index (χ4v) is 4.79. The van der Waals surface area contributed by atoms with Crippen molar-refractivity contribution in [1.82, 2.24) is 24.8 Å². The molecule has 0 saturated carbocycles. The summed E-state index contributed by atoms with van der Waals surface area (Å²) in [6, 6.07) is 7.98. The molecule has 8 heteroatoms. The van der Waals surface area contributed by atoms with E-state index in [-0.39, 0.29) is 6.04 Å². The highest BCUT2D eigenvalue weighted by Gasteiger charge is 2.33. The van der Waals surface area contributed by atoms with Crippen LogP contribution in [-0.2, 0) is 11.3 Å². The van der Waals surface area contributed by atoms with Crippen LogP contribution in [0.5, 0.6) is 5.75 Å². The number of ether oxygens (including phenoxy) is 1. The molecule has 0 N–H and O–H groups in total. The third-order valence-corrected chi connectivity index (χ3v) is 6.87. The van der Waals surface area contributed by atoms with Crippen LogP contribution in [-0.4, -0.2) is 82.7 Å². The van der Waals surface area contributed by atoms with Crippen LogP contribution >= 0.6 is 0 Å². The van der Waals surface area contributed by atoms with E-state index in [1.807, 2.05) is 24.3 Å². The highest BCUT2D eigenvalue weighted by molar-refractivity contribution is 5.82. The molecule has 1 amide bonds. The van der Waals surface area contributed by atoms with Crippen molar-refractivity contribution >= 4 is 5.91 Å². The first-order valence-corrected chi connectivity index (χ1v) is 11.8. The van der Waals surface area contributed by atoms with Crippen molar-refractivity contribution in [3.8, 4) is 17.1 Å². The van der Waals surface area contributed by atoms with E-state index in [1.54, 1.807) is 7.11 Å². The molecule has 3 heterocycles. The maximum atomic E-state index is 13.1. The molecule has 2 atom stereocenters. The minimum Gasteiger partial charge on any atom is -0.497 e. The monoisotopic (exact) mass is 441 g/mol. The fraction of sp³-hybridized carbons (Fsp3) is 0.625. The van der Waals surface area contributed by atoms with Crippen LogP contribution in [0, 0.1) is 0 Å². The topological polar surface area (TPSA) is 74.9 Å². The van der Waals surface area contributed by atoms with E-state index in [1.165, 1.54) is 6.42 Å². The first-order valence-electron chi connectivity index (χ1n) is 11.8. The number of carbonyl (C=O) groups is 1. The Morgan fingerprint density at radius 1 is 1.16 bits per heavy atom. The molecule has 0 bridgehead atoms. The van der Waals surface area contributed by atoms with Crippen LogP contribution in [0.1, 0.15) is 45.4 Å². The molecular formula is C24H35N5O3. The van der Waals surface area contributed by atoms with Crippen LogP contribution in [0.15, 0.2) is 28.8 Å². The van der Waals surface area contributed by atoms with E-state index in [4.69, 9.17) is 9.26 Å². The Kier molecular flexibility index (Phi) is 7.42. The van der Waals surface area contributed by atoms with Gasteiger partial charge in [0.2, 0.25) is 17.6 Å². The molecular weight excluding hydrogens is 406 g/mol. The minimum absolute atomic E-state index is 0.0608. The molecule has 1 aromatic heterocycles. The molecule has 32 heavy (non-hydrogen) atoms. The summed E-state index contributed by atoms with van der Waals surface area (Å²) in [4.78, 5) is 24.5. The largest absolute Gasteiger partial charge is 0.497 e. The van der Waals surface area contributed by atoms with Gasteiger partial charge in [0.1, 0.15) is 5.75 Å². The van der Waals surface area contributed by atoms with Crippen LogP contribution < -0.4 is 4.74 Å². The van der Waals surface area contributed by atoms with Crippen molar-refractivity contribution in [3.05, 3.63) is 30.2 Å². The number of amides is 1. The highest BCUT2D eigenvalue weighted by Crippen LogP contribution is 2.23. The summed E-state index contributed by atoms with van der Waals surface area (Å²) in [5, 5.41) is 4.13. The van der Waals surface area contributed by atoms with Crippen LogP contribution in [0.2, 0.25) is 0 Å².